The number of carboxylic acid groups (broad SMARTS) is 1. The van der Waals surface area contributed by atoms with Crippen LogP contribution in [-0.4, -0.2) is 29.1 Å². The van der Waals surface area contributed by atoms with Crippen molar-refractivity contribution in [2.75, 3.05) is 18.0 Å². The van der Waals surface area contributed by atoms with E-state index in [4.69, 9.17) is 16.7 Å². The molecule has 0 aromatic heterocycles. The molecule has 20 heavy (non-hydrogen) atoms. The minimum atomic E-state index is -1.11. The smallest absolute Gasteiger partial charge is 0.323 e. The summed E-state index contributed by atoms with van der Waals surface area (Å²) in [5.74, 6) is -1.69. The van der Waals surface area contributed by atoms with Gasteiger partial charge in [0.05, 0.1) is 16.0 Å². The number of benzene rings is 1. The van der Waals surface area contributed by atoms with E-state index >= 15 is 0 Å². The van der Waals surface area contributed by atoms with E-state index in [1.807, 2.05) is 0 Å². The molecule has 0 bridgehead atoms. The molecule has 1 aliphatic rings. The number of aliphatic carboxylic acids is 1. The maximum atomic E-state index is 13.3. The van der Waals surface area contributed by atoms with E-state index in [1.165, 1.54) is 4.90 Å². The predicted molar refractivity (Wildman–Crippen MR) is 70.6 cm³/mol. The third-order valence-corrected chi connectivity index (χ3v) is 3.35. The summed E-state index contributed by atoms with van der Waals surface area (Å²) >= 11 is 5.65. The second-order valence-corrected chi connectivity index (χ2v) is 5.14. The molecule has 108 valence electrons. The van der Waals surface area contributed by atoms with Crippen LogP contribution in [0, 0.1) is 21.8 Å². The van der Waals surface area contributed by atoms with Crippen LogP contribution in [0.4, 0.5) is 15.8 Å². The molecule has 1 saturated carbocycles. The van der Waals surface area contributed by atoms with Crippen molar-refractivity contribution in [2.45, 2.75) is 12.8 Å². The van der Waals surface area contributed by atoms with Crippen molar-refractivity contribution in [3.8, 4) is 0 Å². The van der Waals surface area contributed by atoms with E-state index in [-0.39, 0.29) is 17.3 Å². The van der Waals surface area contributed by atoms with Crippen molar-refractivity contribution in [1.29, 1.82) is 0 Å². The van der Waals surface area contributed by atoms with E-state index in [2.05, 4.69) is 0 Å². The third-order valence-electron chi connectivity index (χ3n) is 3.06. The number of hydrogen-bond donors (Lipinski definition) is 1. The zero-order valence-electron chi connectivity index (χ0n) is 10.4. The molecule has 1 fully saturated rings. The minimum Gasteiger partial charge on any atom is -0.480 e. The zero-order valence-corrected chi connectivity index (χ0v) is 11.1. The van der Waals surface area contributed by atoms with Gasteiger partial charge in [0, 0.05) is 6.54 Å². The van der Waals surface area contributed by atoms with Gasteiger partial charge in [-0.2, -0.15) is 0 Å². The van der Waals surface area contributed by atoms with Crippen molar-refractivity contribution in [3.05, 3.63) is 33.1 Å². The third kappa shape index (κ3) is 3.36. The maximum Gasteiger partial charge on any atom is 0.323 e. The molecule has 0 saturated heterocycles. The highest BCUT2D eigenvalue weighted by molar-refractivity contribution is 6.31. The Labute approximate surface area is 118 Å². The number of hydrogen-bond acceptors (Lipinski definition) is 4. The Morgan fingerprint density at radius 2 is 2.20 bits per heavy atom. The van der Waals surface area contributed by atoms with Crippen LogP contribution in [0.25, 0.3) is 0 Å². The van der Waals surface area contributed by atoms with Crippen LogP contribution >= 0.6 is 11.6 Å². The second kappa shape index (κ2) is 5.62. The van der Waals surface area contributed by atoms with Crippen molar-refractivity contribution in [3.63, 3.8) is 0 Å². The monoisotopic (exact) mass is 302 g/mol. The van der Waals surface area contributed by atoms with Crippen LogP contribution in [0.2, 0.25) is 5.02 Å². The maximum absolute atomic E-state index is 13.3. The predicted octanol–water partition coefficient (Wildman–Crippen LogP) is 2.69. The first-order valence-corrected chi connectivity index (χ1v) is 6.36. The van der Waals surface area contributed by atoms with Crippen LogP contribution in [0.3, 0.4) is 0 Å². The average Bonchev–Trinajstić information content (AvgIpc) is 3.14. The quantitative estimate of drug-likeness (QED) is 0.645. The highest BCUT2D eigenvalue weighted by Crippen LogP contribution is 2.37. The molecular weight excluding hydrogens is 291 g/mol. The Bertz CT molecular complexity index is 563. The lowest BCUT2D eigenvalue weighted by Gasteiger charge is -2.22. The lowest BCUT2D eigenvalue weighted by atomic mass is 10.2. The van der Waals surface area contributed by atoms with E-state index in [0.29, 0.717) is 12.5 Å². The number of carbonyl (C=O) groups is 1. The first-order valence-electron chi connectivity index (χ1n) is 5.98. The summed E-state index contributed by atoms with van der Waals surface area (Å²) in [6.07, 6.45) is 1.91. The summed E-state index contributed by atoms with van der Waals surface area (Å²) in [7, 11) is 0. The minimum absolute atomic E-state index is 0.0377. The highest BCUT2D eigenvalue weighted by atomic mass is 35.5. The Kier molecular flexibility index (Phi) is 4.08. The van der Waals surface area contributed by atoms with Crippen molar-refractivity contribution in [1.82, 2.24) is 0 Å². The molecule has 1 aromatic rings. The fraction of sp³-hybridized carbons (Fsp3) is 0.417. The van der Waals surface area contributed by atoms with Crippen LogP contribution in [0.1, 0.15) is 12.8 Å². The summed E-state index contributed by atoms with van der Waals surface area (Å²) in [5, 5.41) is 19.6. The van der Waals surface area contributed by atoms with Crippen LogP contribution in [0.15, 0.2) is 12.1 Å². The number of rotatable bonds is 6. The summed E-state index contributed by atoms with van der Waals surface area (Å²) in [6, 6.07) is 1.83. The van der Waals surface area contributed by atoms with Crippen molar-refractivity contribution < 1.29 is 19.2 Å². The molecule has 0 radical (unpaired) electrons. The SMILES string of the molecule is O=C(O)CN(CC1CC1)c1cc(Cl)c(F)cc1[N+](=O)[O-]. The van der Waals surface area contributed by atoms with Crippen LogP contribution < -0.4 is 4.90 Å². The van der Waals surface area contributed by atoms with Gasteiger partial charge >= 0.3 is 5.97 Å². The molecule has 2 rings (SSSR count). The molecule has 1 aliphatic carbocycles. The van der Waals surface area contributed by atoms with Crippen molar-refractivity contribution >= 4 is 28.9 Å². The van der Waals surface area contributed by atoms with Gasteiger partial charge in [0.25, 0.3) is 5.69 Å². The van der Waals surface area contributed by atoms with Gasteiger partial charge < -0.3 is 10.0 Å². The van der Waals surface area contributed by atoms with E-state index in [1.54, 1.807) is 0 Å². The lowest BCUT2D eigenvalue weighted by molar-refractivity contribution is -0.384. The molecule has 0 aliphatic heterocycles. The van der Waals surface area contributed by atoms with Gasteiger partial charge in [0.2, 0.25) is 0 Å². The Morgan fingerprint density at radius 1 is 1.55 bits per heavy atom. The van der Waals surface area contributed by atoms with Crippen LogP contribution in [-0.2, 0) is 4.79 Å². The number of anilines is 1. The summed E-state index contributed by atoms with van der Waals surface area (Å²) in [6.45, 7) is -0.00555. The number of nitrogens with zero attached hydrogens (tertiary/aromatic N) is 2. The molecule has 0 heterocycles. The van der Waals surface area contributed by atoms with Gasteiger partial charge in [-0.25, -0.2) is 4.39 Å². The fourth-order valence-electron chi connectivity index (χ4n) is 1.95. The molecule has 6 nitrogen and oxygen atoms in total. The van der Waals surface area contributed by atoms with Gasteiger partial charge in [-0.3, -0.25) is 14.9 Å². The first-order chi connectivity index (χ1) is 9.38. The molecule has 0 unspecified atom stereocenters. The number of nitro benzene ring substituents is 1. The molecule has 1 N–H and O–H groups in total. The summed E-state index contributed by atoms with van der Waals surface area (Å²) in [4.78, 5) is 22.5. The number of carboxylic acids is 1. The topological polar surface area (TPSA) is 83.7 Å². The largest absolute Gasteiger partial charge is 0.480 e. The standard InChI is InChI=1S/C12H12ClFN2O4/c13-8-3-10(11(16(19)20)4-9(8)14)15(6-12(17)18)5-7-1-2-7/h3-4,7H,1-2,5-6H2,(H,17,18). The molecule has 1 aromatic carbocycles. The number of nitro groups is 1. The van der Waals surface area contributed by atoms with E-state index < -0.39 is 22.4 Å². The van der Waals surface area contributed by atoms with Gasteiger partial charge in [0.15, 0.2) is 0 Å². The van der Waals surface area contributed by atoms with Gasteiger partial charge in [0.1, 0.15) is 18.0 Å². The molecular formula is C12H12ClFN2O4. The summed E-state index contributed by atoms with van der Waals surface area (Å²) < 4.78 is 13.3. The van der Waals surface area contributed by atoms with Gasteiger partial charge in [-0.1, -0.05) is 11.6 Å². The average molecular weight is 303 g/mol. The van der Waals surface area contributed by atoms with Crippen molar-refractivity contribution in [2.24, 2.45) is 5.92 Å². The van der Waals surface area contributed by atoms with Crippen LogP contribution in [0.5, 0.6) is 0 Å². The molecule has 0 atom stereocenters. The molecule has 0 amide bonds. The van der Waals surface area contributed by atoms with Gasteiger partial charge in [-0.15, -0.1) is 0 Å². The Hall–Kier alpha value is -1.89. The normalized spacial score (nSPS) is 14.1. The Balaban J connectivity index is 2.41. The lowest BCUT2D eigenvalue weighted by Crippen LogP contribution is -2.32. The fourth-order valence-corrected chi connectivity index (χ4v) is 2.11. The van der Waals surface area contributed by atoms with Gasteiger partial charge in [-0.05, 0) is 24.8 Å². The van der Waals surface area contributed by atoms with E-state index in [9.17, 15) is 19.3 Å². The highest BCUT2D eigenvalue weighted by Gasteiger charge is 2.29. The first kappa shape index (κ1) is 14.5. The molecule has 8 heteroatoms. The number of halogens is 2. The zero-order chi connectivity index (χ0) is 14.9. The summed E-state index contributed by atoms with van der Waals surface area (Å²) in [5.41, 5.74) is -0.440. The van der Waals surface area contributed by atoms with E-state index in [0.717, 1.165) is 25.0 Å². The second-order valence-electron chi connectivity index (χ2n) is 4.73. The molecule has 0 spiro atoms. The Morgan fingerprint density at radius 3 is 2.70 bits per heavy atom.